The summed E-state index contributed by atoms with van der Waals surface area (Å²) in [4.78, 5) is 20.0. The average molecular weight is 406 g/mol. The summed E-state index contributed by atoms with van der Waals surface area (Å²) in [5.74, 6) is 1.08. The molecule has 152 valence electrons. The number of para-hydroxylation sites is 1. The highest BCUT2D eigenvalue weighted by molar-refractivity contribution is 6.04. The van der Waals surface area contributed by atoms with Crippen LogP contribution in [-0.2, 0) is 19.4 Å². The minimum Gasteiger partial charge on any atom is -0.493 e. The molecule has 4 nitrogen and oxygen atoms in total. The van der Waals surface area contributed by atoms with Crippen LogP contribution in [0.25, 0.3) is 22.0 Å². The molecule has 0 N–H and O–H groups in total. The Morgan fingerprint density at radius 1 is 0.935 bits per heavy atom. The van der Waals surface area contributed by atoms with Gasteiger partial charge in [-0.25, -0.2) is 0 Å². The summed E-state index contributed by atoms with van der Waals surface area (Å²) in [6.45, 7) is 2.06. The van der Waals surface area contributed by atoms with Gasteiger partial charge in [-0.05, 0) is 46.5 Å². The molecule has 0 unspecified atom stereocenters. The highest BCUT2D eigenvalue weighted by atomic mass is 16.5. The van der Waals surface area contributed by atoms with Crippen LogP contribution in [0.4, 0.5) is 0 Å². The van der Waals surface area contributed by atoms with Crippen molar-refractivity contribution < 1.29 is 9.53 Å². The number of hydrogen-bond donors (Lipinski definition) is 0. The zero-order valence-electron chi connectivity index (χ0n) is 17.2. The van der Waals surface area contributed by atoms with E-state index in [1.165, 1.54) is 5.56 Å². The van der Waals surface area contributed by atoms with Crippen molar-refractivity contribution in [1.29, 1.82) is 0 Å². The summed E-state index contributed by atoms with van der Waals surface area (Å²) in [6, 6.07) is 24.7. The molecular weight excluding hydrogens is 384 g/mol. The molecule has 0 bridgehead atoms. The van der Waals surface area contributed by atoms with Gasteiger partial charge in [0.15, 0.2) is 0 Å². The fraction of sp³-hybridized carbons (Fsp3) is 0.185. The van der Waals surface area contributed by atoms with Gasteiger partial charge in [0, 0.05) is 37.0 Å². The summed E-state index contributed by atoms with van der Waals surface area (Å²) < 4.78 is 5.64. The van der Waals surface area contributed by atoms with Gasteiger partial charge in [0.25, 0.3) is 5.91 Å². The van der Waals surface area contributed by atoms with E-state index in [-0.39, 0.29) is 5.91 Å². The first kappa shape index (κ1) is 18.1. The second kappa shape index (κ2) is 7.24. The number of amides is 1. The molecule has 31 heavy (non-hydrogen) atoms. The molecule has 0 saturated heterocycles. The monoisotopic (exact) mass is 406 g/mol. The maximum atomic E-state index is 13.3. The van der Waals surface area contributed by atoms with Gasteiger partial charge < -0.3 is 9.64 Å². The second-order valence-corrected chi connectivity index (χ2v) is 8.23. The van der Waals surface area contributed by atoms with Gasteiger partial charge in [0.1, 0.15) is 5.75 Å². The van der Waals surface area contributed by atoms with Crippen molar-refractivity contribution in [2.24, 2.45) is 0 Å². The predicted molar refractivity (Wildman–Crippen MR) is 121 cm³/mol. The number of pyridine rings is 1. The first-order valence-corrected chi connectivity index (χ1v) is 10.8. The van der Waals surface area contributed by atoms with E-state index < -0.39 is 0 Å². The topological polar surface area (TPSA) is 42.4 Å². The molecule has 0 fully saturated rings. The molecule has 1 aromatic heterocycles. The van der Waals surface area contributed by atoms with Crippen LogP contribution in [0.15, 0.2) is 72.8 Å². The van der Waals surface area contributed by atoms with Crippen LogP contribution in [0.2, 0.25) is 0 Å². The maximum Gasteiger partial charge on any atom is 0.255 e. The van der Waals surface area contributed by atoms with E-state index in [1.54, 1.807) is 0 Å². The molecule has 2 aliphatic heterocycles. The third kappa shape index (κ3) is 3.15. The molecule has 3 aromatic carbocycles. The Bertz CT molecular complexity index is 1330. The van der Waals surface area contributed by atoms with Crippen LogP contribution in [-0.4, -0.2) is 28.9 Å². The van der Waals surface area contributed by atoms with E-state index >= 15 is 0 Å². The molecule has 0 atom stereocenters. The van der Waals surface area contributed by atoms with Gasteiger partial charge in [-0.3, -0.25) is 9.78 Å². The van der Waals surface area contributed by atoms with Crippen molar-refractivity contribution >= 4 is 16.8 Å². The maximum absolute atomic E-state index is 13.3. The first-order chi connectivity index (χ1) is 15.3. The van der Waals surface area contributed by atoms with Gasteiger partial charge in [-0.1, -0.05) is 48.5 Å². The van der Waals surface area contributed by atoms with E-state index in [2.05, 4.69) is 48.5 Å². The van der Waals surface area contributed by atoms with Crippen molar-refractivity contribution in [3.05, 3.63) is 95.2 Å². The van der Waals surface area contributed by atoms with Crippen LogP contribution in [0.3, 0.4) is 0 Å². The summed E-state index contributed by atoms with van der Waals surface area (Å²) in [5, 5.41) is 1.14. The van der Waals surface area contributed by atoms with Crippen molar-refractivity contribution in [1.82, 2.24) is 9.88 Å². The van der Waals surface area contributed by atoms with E-state index in [4.69, 9.17) is 9.72 Å². The number of carbonyl (C=O) groups is 1. The zero-order valence-corrected chi connectivity index (χ0v) is 17.2. The van der Waals surface area contributed by atoms with E-state index in [1.807, 2.05) is 29.2 Å². The van der Waals surface area contributed by atoms with Crippen LogP contribution in [0.5, 0.6) is 5.75 Å². The quantitative estimate of drug-likeness (QED) is 0.477. The third-order valence-electron chi connectivity index (χ3n) is 6.31. The molecule has 0 radical (unpaired) electrons. The predicted octanol–water partition coefficient (Wildman–Crippen LogP) is 5.04. The molecule has 4 heteroatoms. The van der Waals surface area contributed by atoms with Crippen molar-refractivity contribution in [3.63, 3.8) is 0 Å². The summed E-state index contributed by atoms with van der Waals surface area (Å²) >= 11 is 0. The third-order valence-corrected chi connectivity index (χ3v) is 6.31. The van der Waals surface area contributed by atoms with Crippen molar-refractivity contribution in [2.75, 3.05) is 13.2 Å². The number of nitrogens with zero attached hydrogens (tertiary/aromatic N) is 2. The Kier molecular flexibility index (Phi) is 4.23. The SMILES string of the molecule is O=C1c2c(cccc2-c2ccc3c(c2)CCO3)CN1CCc1ccc2ccccc2n1. The smallest absolute Gasteiger partial charge is 0.255 e. The Morgan fingerprint density at radius 3 is 2.84 bits per heavy atom. The zero-order chi connectivity index (χ0) is 20.8. The minimum absolute atomic E-state index is 0.114. The van der Waals surface area contributed by atoms with Crippen molar-refractivity contribution in [2.45, 2.75) is 19.4 Å². The Balaban J connectivity index is 1.25. The fourth-order valence-electron chi connectivity index (χ4n) is 4.69. The summed E-state index contributed by atoms with van der Waals surface area (Å²) in [5.41, 5.74) is 7.29. The fourth-order valence-corrected chi connectivity index (χ4v) is 4.69. The molecule has 0 aliphatic carbocycles. The Morgan fingerprint density at radius 2 is 1.87 bits per heavy atom. The second-order valence-electron chi connectivity index (χ2n) is 8.23. The lowest BCUT2D eigenvalue weighted by molar-refractivity contribution is 0.0780. The largest absolute Gasteiger partial charge is 0.493 e. The number of ether oxygens (including phenoxy) is 1. The first-order valence-electron chi connectivity index (χ1n) is 10.8. The van der Waals surface area contributed by atoms with Gasteiger partial charge >= 0.3 is 0 Å². The van der Waals surface area contributed by atoms with E-state index in [9.17, 15) is 4.79 Å². The van der Waals surface area contributed by atoms with Crippen molar-refractivity contribution in [3.8, 4) is 16.9 Å². The average Bonchev–Trinajstić information content (AvgIpc) is 3.41. The lowest BCUT2D eigenvalue weighted by Crippen LogP contribution is -2.26. The van der Waals surface area contributed by atoms with Crippen LogP contribution < -0.4 is 4.74 Å². The number of rotatable bonds is 4. The Hall–Kier alpha value is -3.66. The number of benzene rings is 3. The van der Waals surface area contributed by atoms with Gasteiger partial charge in [-0.2, -0.15) is 0 Å². The summed E-state index contributed by atoms with van der Waals surface area (Å²) in [6.07, 6.45) is 1.67. The molecule has 4 aromatic rings. The molecular formula is C27H22N2O2. The molecule has 0 saturated carbocycles. The Labute approximate surface area is 181 Å². The number of aromatic nitrogens is 1. The molecule has 2 aliphatic rings. The van der Waals surface area contributed by atoms with E-state index in [0.29, 0.717) is 13.1 Å². The standard InChI is InChI=1S/C27H22N2O2/c30-27-26-21(5-3-6-23(26)19-9-11-25-20(16-19)13-15-31-25)17-29(27)14-12-22-10-8-18-4-1-2-7-24(18)28-22/h1-11,16H,12-15,17H2. The lowest BCUT2D eigenvalue weighted by Gasteiger charge is -2.15. The highest BCUT2D eigenvalue weighted by Crippen LogP contribution is 2.36. The van der Waals surface area contributed by atoms with Gasteiger partial charge in [-0.15, -0.1) is 0 Å². The lowest BCUT2D eigenvalue weighted by atomic mass is 9.95. The summed E-state index contributed by atoms with van der Waals surface area (Å²) in [7, 11) is 0. The van der Waals surface area contributed by atoms with Gasteiger partial charge in [0.2, 0.25) is 0 Å². The van der Waals surface area contributed by atoms with E-state index in [0.717, 1.165) is 64.0 Å². The highest BCUT2D eigenvalue weighted by Gasteiger charge is 2.30. The number of carbonyl (C=O) groups excluding carboxylic acids is 1. The van der Waals surface area contributed by atoms with Crippen LogP contribution in [0.1, 0.15) is 27.2 Å². The minimum atomic E-state index is 0.114. The number of hydrogen-bond acceptors (Lipinski definition) is 3. The molecule has 0 spiro atoms. The van der Waals surface area contributed by atoms with Gasteiger partial charge in [0.05, 0.1) is 17.7 Å². The van der Waals surface area contributed by atoms with Crippen LogP contribution in [0, 0.1) is 0 Å². The molecule has 1 amide bonds. The number of fused-ring (bicyclic) bond motifs is 3. The van der Waals surface area contributed by atoms with Crippen LogP contribution >= 0.6 is 0 Å². The normalized spacial score (nSPS) is 14.6. The molecule has 3 heterocycles. The molecule has 6 rings (SSSR count).